The van der Waals surface area contributed by atoms with Crippen molar-refractivity contribution in [2.45, 2.75) is 32.9 Å². The van der Waals surface area contributed by atoms with E-state index in [1.54, 1.807) is 6.07 Å². The Balaban J connectivity index is 1.98. The van der Waals surface area contributed by atoms with Gasteiger partial charge in [-0.15, -0.1) is 0 Å². The zero-order chi connectivity index (χ0) is 19.6. The largest absolute Gasteiger partial charge is 0.465 e. The van der Waals surface area contributed by atoms with E-state index in [0.29, 0.717) is 12.1 Å². The number of carbonyl (C=O) groups excluding carboxylic acids is 2. The van der Waals surface area contributed by atoms with Gasteiger partial charge in [0.15, 0.2) is 0 Å². The van der Waals surface area contributed by atoms with Crippen LogP contribution in [-0.2, 0) is 16.0 Å². The molecule has 0 saturated carbocycles. The molecule has 5 nitrogen and oxygen atoms in total. The van der Waals surface area contributed by atoms with Gasteiger partial charge in [0, 0.05) is 6.54 Å². The zero-order valence-corrected chi connectivity index (χ0v) is 16.0. The maximum Gasteiger partial charge on any atom is 0.407 e. The van der Waals surface area contributed by atoms with E-state index in [1.807, 2.05) is 63.2 Å². The van der Waals surface area contributed by atoms with E-state index in [-0.39, 0.29) is 5.97 Å². The van der Waals surface area contributed by atoms with Crippen LogP contribution in [0.5, 0.6) is 0 Å². The molecule has 0 unspecified atom stereocenters. The average molecular weight is 365 g/mol. The molecule has 0 aliphatic rings. The van der Waals surface area contributed by atoms with Crippen LogP contribution in [0.3, 0.4) is 0 Å². The number of fused-ring (bicyclic) bond motifs is 2. The summed E-state index contributed by atoms with van der Waals surface area (Å²) in [7, 11) is 1.38. The maximum atomic E-state index is 12.0. The molecule has 140 valence electrons. The van der Waals surface area contributed by atoms with E-state index in [9.17, 15) is 9.59 Å². The molecule has 5 heteroatoms. The molecule has 1 N–H and O–H groups in total. The molecular formula is C22H23NO4. The summed E-state index contributed by atoms with van der Waals surface area (Å²) in [4.78, 5) is 24.0. The van der Waals surface area contributed by atoms with Crippen molar-refractivity contribution in [3.05, 3.63) is 59.7 Å². The van der Waals surface area contributed by atoms with E-state index >= 15 is 0 Å². The Morgan fingerprint density at radius 3 is 2.26 bits per heavy atom. The van der Waals surface area contributed by atoms with Gasteiger partial charge >= 0.3 is 12.1 Å². The lowest BCUT2D eigenvalue weighted by atomic mass is 9.97. The van der Waals surface area contributed by atoms with Crippen LogP contribution in [0.1, 0.15) is 36.7 Å². The van der Waals surface area contributed by atoms with Gasteiger partial charge in [-0.3, -0.25) is 0 Å². The van der Waals surface area contributed by atoms with Gasteiger partial charge in [-0.25, -0.2) is 9.59 Å². The van der Waals surface area contributed by atoms with Crippen molar-refractivity contribution < 1.29 is 19.1 Å². The SMILES string of the molecule is COC(=O)c1cccc2cc3c(CNC(=O)OC(C)(C)C)cccc3cc12. The third kappa shape index (κ3) is 4.19. The van der Waals surface area contributed by atoms with E-state index in [2.05, 4.69) is 5.32 Å². The summed E-state index contributed by atoms with van der Waals surface area (Å²) in [6, 6.07) is 15.4. The summed E-state index contributed by atoms with van der Waals surface area (Å²) in [5.41, 5.74) is 0.974. The quantitative estimate of drug-likeness (QED) is 0.535. The minimum atomic E-state index is -0.538. The molecule has 0 bridgehead atoms. The molecule has 3 rings (SSSR count). The Hall–Kier alpha value is -3.08. The van der Waals surface area contributed by atoms with Gasteiger partial charge in [-0.2, -0.15) is 0 Å². The Bertz CT molecular complexity index is 1020. The molecule has 0 radical (unpaired) electrons. The second kappa shape index (κ2) is 7.27. The van der Waals surface area contributed by atoms with E-state index in [4.69, 9.17) is 9.47 Å². The smallest absolute Gasteiger partial charge is 0.407 e. The number of ether oxygens (including phenoxy) is 2. The van der Waals surface area contributed by atoms with Gasteiger partial charge in [0.05, 0.1) is 12.7 Å². The number of hydrogen-bond acceptors (Lipinski definition) is 4. The van der Waals surface area contributed by atoms with Crippen molar-refractivity contribution in [2.75, 3.05) is 7.11 Å². The second-order valence-corrected chi connectivity index (χ2v) is 7.36. The fourth-order valence-electron chi connectivity index (χ4n) is 3.04. The highest BCUT2D eigenvalue weighted by molar-refractivity contribution is 6.09. The van der Waals surface area contributed by atoms with Crippen molar-refractivity contribution in [1.82, 2.24) is 5.32 Å². The molecule has 0 spiro atoms. The normalized spacial score (nSPS) is 11.4. The molecule has 0 aromatic heterocycles. The fourth-order valence-corrected chi connectivity index (χ4v) is 3.04. The van der Waals surface area contributed by atoms with Crippen LogP contribution < -0.4 is 5.32 Å². The monoisotopic (exact) mass is 365 g/mol. The minimum Gasteiger partial charge on any atom is -0.465 e. The highest BCUT2D eigenvalue weighted by Crippen LogP contribution is 2.28. The van der Waals surface area contributed by atoms with Crippen LogP contribution in [0.25, 0.3) is 21.5 Å². The molecule has 0 aliphatic carbocycles. The molecule has 3 aromatic rings. The Morgan fingerprint density at radius 1 is 0.963 bits per heavy atom. The molecule has 0 aliphatic heterocycles. The summed E-state index contributed by atoms with van der Waals surface area (Å²) >= 11 is 0. The molecule has 0 atom stereocenters. The lowest BCUT2D eigenvalue weighted by Gasteiger charge is -2.20. The predicted molar refractivity (Wildman–Crippen MR) is 106 cm³/mol. The lowest BCUT2D eigenvalue weighted by molar-refractivity contribution is 0.0522. The van der Waals surface area contributed by atoms with Crippen LogP contribution in [0.2, 0.25) is 0 Å². The average Bonchev–Trinajstić information content (AvgIpc) is 2.62. The van der Waals surface area contributed by atoms with Gasteiger partial charge in [0.2, 0.25) is 0 Å². The number of benzene rings is 3. The molecule has 3 aromatic carbocycles. The van der Waals surface area contributed by atoms with Gasteiger partial charge < -0.3 is 14.8 Å². The highest BCUT2D eigenvalue weighted by atomic mass is 16.6. The third-order valence-corrected chi connectivity index (χ3v) is 4.20. The number of methoxy groups -OCH3 is 1. The van der Waals surface area contributed by atoms with Crippen molar-refractivity contribution in [3.8, 4) is 0 Å². The summed E-state index contributed by atoms with van der Waals surface area (Å²) in [6.45, 7) is 5.84. The van der Waals surface area contributed by atoms with E-state index < -0.39 is 11.7 Å². The Morgan fingerprint density at radius 2 is 1.59 bits per heavy atom. The maximum absolute atomic E-state index is 12.0. The Labute approximate surface area is 158 Å². The Kier molecular flexibility index (Phi) is 5.04. The van der Waals surface area contributed by atoms with Crippen molar-refractivity contribution >= 4 is 33.6 Å². The summed E-state index contributed by atoms with van der Waals surface area (Å²) in [6.07, 6.45) is -0.451. The molecule has 0 heterocycles. The lowest BCUT2D eigenvalue weighted by Crippen LogP contribution is -2.32. The summed E-state index contributed by atoms with van der Waals surface area (Å²) in [5, 5.41) is 6.59. The first-order valence-corrected chi connectivity index (χ1v) is 8.78. The van der Waals surface area contributed by atoms with Crippen LogP contribution in [-0.4, -0.2) is 24.8 Å². The first-order chi connectivity index (χ1) is 12.8. The highest BCUT2D eigenvalue weighted by Gasteiger charge is 2.16. The number of amides is 1. The number of hydrogen-bond donors (Lipinski definition) is 1. The third-order valence-electron chi connectivity index (χ3n) is 4.20. The topological polar surface area (TPSA) is 64.6 Å². The number of carbonyl (C=O) groups is 2. The van der Waals surface area contributed by atoms with Crippen molar-refractivity contribution in [1.29, 1.82) is 0 Å². The standard InChI is InChI=1S/C22H23NO4/c1-22(2,3)27-21(25)23-13-16-9-5-7-14-12-19-15(11-18(14)16)8-6-10-17(19)20(24)26-4/h5-12H,13H2,1-4H3,(H,23,25). The second-order valence-electron chi connectivity index (χ2n) is 7.36. The van der Waals surface area contributed by atoms with Gasteiger partial charge in [0.1, 0.15) is 5.60 Å². The predicted octanol–water partition coefficient (Wildman–Crippen LogP) is 4.80. The zero-order valence-electron chi connectivity index (χ0n) is 16.0. The minimum absolute atomic E-state index is 0.356. The van der Waals surface area contributed by atoms with Crippen molar-refractivity contribution in [3.63, 3.8) is 0 Å². The van der Waals surface area contributed by atoms with Crippen LogP contribution in [0, 0.1) is 0 Å². The van der Waals surface area contributed by atoms with Crippen LogP contribution in [0.4, 0.5) is 4.79 Å². The van der Waals surface area contributed by atoms with Gasteiger partial charge in [-0.1, -0.05) is 30.3 Å². The summed E-state index contributed by atoms with van der Waals surface area (Å²) in [5.74, 6) is -0.359. The van der Waals surface area contributed by atoms with Crippen LogP contribution >= 0.6 is 0 Å². The molecular weight excluding hydrogens is 342 g/mol. The first-order valence-electron chi connectivity index (χ1n) is 8.78. The first kappa shape index (κ1) is 18.7. The number of nitrogens with one attached hydrogen (secondary N) is 1. The summed E-state index contributed by atoms with van der Waals surface area (Å²) < 4.78 is 10.2. The van der Waals surface area contributed by atoms with Crippen molar-refractivity contribution in [2.24, 2.45) is 0 Å². The fraction of sp³-hybridized carbons (Fsp3) is 0.273. The van der Waals surface area contributed by atoms with E-state index in [1.165, 1.54) is 7.11 Å². The van der Waals surface area contributed by atoms with E-state index in [0.717, 1.165) is 27.1 Å². The molecule has 0 fully saturated rings. The molecule has 1 amide bonds. The molecule has 27 heavy (non-hydrogen) atoms. The number of alkyl carbamates (subject to hydrolysis) is 1. The number of rotatable bonds is 3. The number of esters is 1. The van der Waals surface area contributed by atoms with Crippen LogP contribution in [0.15, 0.2) is 48.5 Å². The molecule has 0 saturated heterocycles. The van der Waals surface area contributed by atoms with Gasteiger partial charge in [0.25, 0.3) is 0 Å². The van der Waals surface area contributed by atoms with Gasteiger partial charge in [-0.05, 0) is 66.1 Å².